The number of carboxylic acid groups (broad SMARTS) is 1. The van der Waals surface area contributed by atoms with Crippen molar-refractivity contribution < 1.29 is 19.0 Å². The number of anilines is 1. The zero-order valence-corrected chi connectivity index (χ0v) is 11.8. The van der Waals surface area contributed by atoms with E-state index in [4.69, 9.17) is 9.84 Å². The number of pyridine rings is 1. The van der Waals surface area contributed by atoms with E-state index in [-0.39, 0.29) is 11.6 Å². The van der Waals surface area contributed by atoms with E-state index < -0.39 is 11.9 Å². The van der Waals surface area contributed by atoms with Crippen LogP contribution in [0, 0.1) is 9.52 Å². The number of hydrogen-bond acceptors (Lipinski definition) is 4. The summed E-state index contributed by atoms with van der Waals surface area (Å²) in [7, 11) is 0. The Morgan fingerprint density at radius 3 is 3.00 bits per heavy atom. The largest absolute Gasteiger partial charge is 0.477 e. The molecule has 0 amide bonds. The molecule has 0 bridgehead atoms. The normalized spacial score (nSPS) is 19.9. The van der Waals surface area contributed by atoms with E-state index in [1.807, 2.05) is 34.4 Å². The van der Waals surface area contributed by atoms with Crippen molar-refractivity contribution in [1.82, 2.24) is 4.98 Å². The number of carboxylic acids is 1. The second-order valence-corrected chi connectivity index (χ2v) is 5.21. The van der Waals surface area contributed by atoms with E-state index >= 15 is 0 Å². The van der Waals surface area contributed by atoms with Crippen LogP contribution in [0.5, 0.6) is 0 Å². The van der Waals surface area contributed by atoms with Crippen molar-refractivity contribution >= 4 is 34.4 Å². The lowest BCUT2D eigenvalue weighted by Gasteiger charge is -2.34. The Hall–Kier alpha value is -0.960. The van der Waals surface area contributed by atoms with Crippen LogP contribution >= 0.6 is 22.6 Å². The van der Waals surface area contributed by atoms with Gasteiger partial charge in [-0.15, -0.1) is 0 Å². The Kier molecular flexibility index (Phi) is 4.00. The van der Waals surface area contributed by atoms with Crippen LogP contribution in [-0.4, -0.2) is 41.9 Å². The monoisotopic (exact) mass is 366 g/mol. The topological polar surface area (TPSA) is 62.7 Å². The third kappa shape index (κ3) is 2.56. The van der Waals surface area contributed by atoms with Gasteiger partial charge in [0.05, 0.1) is 19.3 Å². The van der Waals surface area contributed by atoms with Crippen LogP contribution in [0.2, 0.25) is 0 Å². The lowest BCUT2D eigenvalue weighted by Crippen LogP contribution is -2.44. The van der Waals surface area contributed by atoms with Gasteiger partial charge in [0.1, 0.15) is 11.4 Å². The first kappa shape index (κ1) is 13.5. The van der Waals surface area contributed by atoms with Gasteiger partial charge in [-0.3, -0.25) is 0 Å². The highest BCUT2D eigenvalue weighted by atomic mass is 127. The van der Waals surface area contributed by atoms with Gasteiger partial charge < -0.3 is 14.7 Å². The van der Waals surface area contributed by atoms with Gasteiger partial charge >= 0.3 is 5.97 Å². The molecule has 1 N–H and O–H groups in total. The highest BCUT2D eigenvalue weighted by Gasteiger charge is 2.24. The van der Waals surface area contributed by atoms with Crippen molar-refractivity contribution in [3.63, 3.8) is 0 Å². The van der Waals surface area contributed by atoms with E-state index in [1.165, 1.54) is 0 Å². The molecule has 1 aliphatic rings. The minimum atomic E-state index is -1.30. The number of hydrogen-bond donors (Lipinski definition) is 1. The van der Waals surface area contributed by atoms with Gasteiger partial charge in [0.25, 0.3) is 0 Å². The van der Waals surface area contributed by atoms with Gasteiger partial charge in [0, 0.05) is 10.1 Å². The fraction of sp³-hybridized carbons (Fsp3) is 0.455. The number of halogens is 2. The highest BCUT2D eigenvalue weighted by Crippen LogP contribution is 2.23. The number of carbonyl (C=O) groups is 1. The van der Waals surface area contributed by atoms with Crippen LogP contribution in [0.4, 0.5) is 10.2 Å². The van der Waals surface area contributed by atoms with Crippen molar-refractivity contribution in [3.8, 4) is 0 Å². The lowest BCUT2D eigenvalue weighted by molar-refractivity contribution is 0.0689. The molecule has 1 atom stereocenters. The van der Waals surface area contributed by atoms with Crippen molar-refractivity contribution in [2.75, 3.05) is 24.7 Å². The molecular formula is C11H12FIN2O3. The number of ether oxygens (including phenoxy) is 1. The van der Waals surface area contributed by atoms with Crippen LogP contribution in [-0.2, 0) is 4.74 Å². The van der Waals surface area contributed by atoms with E-state index in [0.717, 1.165) is 0 Å². The molecule has 0 aliphatic carbocycles. The summed E-state index contributed by atoms with van der Waals surface area (Å²) < 4.78 is 19.3. The average molecular weight is 366 g/mol. The van der Waals surface area contributed by atoms with E-state index in [9.17, 15) is 9.18 Å². The summed E-state index contributed by atoms with van der Waals surface area (Å²) in [6.45, 7) is 3.69. The molecule has 18 heavy (non-hydrogen) atoms. The summed E-state index contributed by atoms with van der Waals surface area (Å²) in [4.78, 5) is 16.5. The van der Waals surface area contributed by atoms with Gasteiger partial charge in [-0.2, -0.15) is 4.39 Å². The summed E-state index contributed by atoms with van der Waals surface area (Å²) in [5.74, 6) is -1.79. The molecule has 0 aromatic carbocycles. The van der Waals surface area contributed by atoms with Crippen molar-refractivity contribution in [1.29, 1.82) is 0 Å². The number of rotatable bonds is 2. The Labute approximate surface area is 117 Å². The zero-order chi connectivity index (χ0) is 13.3. The maximum Gasteiger partial charge on any atom is 0.341 e. The fourth-order valence-electron chi connectivity index (χ4n) is 1.88. The number of nitrogens with zero attached hydrogens (tertiary/aromatic N) is 2. The van der Waals surface area contributed by atoms with Crippen molar-refractivity contribution in [3.05, 3.63) is 21.1 Å². The molecule has 1 aliphatic heterocycles. The molecule has 1 saturated heterocycles. The second-order valence-electron chi connectivity index (χ2n) is 4.05. The van der Waals surface area contributed by atoms with Crippen LogP contribution < -0.4 is 4.90 Å². The molecular weight excluding hydrogens is 354 g/mol. The van der Waals surface area contributed by atoms with Gasteiger partial charge in [0.2, 0.25) is 5.95 Å². The second kappa shape index (κ2) is 5.35. The fourth-order valence-corrected chi connectivity index (χ4v) is 2.61. The van der Waals surface area contributed by atoms with Crippen LogP contribution in [0.25, 0.3) is 0 Å². The summed E-state index contributed by atoms with van der Waals surface area (Å²) >= 11 is 1.81. The Balaban J connectivity index is 2.38. The number of aromatic nitrogens is 1. The minimum absolute atomic E-state index is 0.0946. The maximum atomic E-state index is 13.7. The van der Waals surface area contributed by atoms with Crippen LogP contribution in [0.15, 0.2) is 6.07 Å². The lowest BCUT2D eigenvalue weighted by atomic mass is 10.2. The molecule has 2 heterocycles. The van der Waals surface area contributed by atoms with Gasteiger partial charge in [-0.1, -0.05) is 0 Å². The molecule has 1 aromatic rings. The van der Waals surface area contributed by atoms with Gasteiger partial charge in [-0.25, -0.2) is 9.78 Å². The molecule has 98 valence electrons. The molecule has 1 aromatic heterocycles. The summed E-state index contributed by atoms with van der Waals surface area (Å²) in [6.07, 6.45) is 0. The summed E-state index contributed by atoms with van der Waals surface area (Å²) in [5.41, 5.74) is -0.375. The molecule has 2 rings (SSSR count). The molecule has 0 radical (unpaired) electrons. The smallest absolute Gasteiger partial charge is 0.341 e. The number of morpholine rings is 1. The summed E-state index contributed by atoms with van der Waals surface area (Å²) in [6, 6.07) is 1.69. The van der Waals surface area contributed by atoms with E-state index in [2.05, 4.69) is 4.98 Å². The first-order valence-corrected chi connectivity index (χ1v) is 6.52. The first-order valence-electron chi connectivity index (χ1n) is 5.44. The van der Waals surface area contributed by atoms with Crippen molar-refractivity contribution in [2.45, 2.75) is 13.0 Å². The first-order chi connectivity index (χ1) is 8.50. The van der Waals surface area contributed by atoms with E-state index in [1.54, 1.807) is 6.07 Å². The van der Waals surface area contributed by atoms with Crippen LogP contribution in [0.3, 0.4) is 0 Å². The third-order valence-corrected chi connectivity index (χ3v) is 3.64. The Bertz CT molecular complexity index is 460. The SMILES string of the molecule is C[C@@H]1COCCN1c1cc(I)c(C(=O)O)c(F)n1. The standard InChI is InChI=1S/C11H12FIN2O3/c1-6-5-18-3-2-15(6)8-4-7(13)9(11(16)17)10(12)14-8/h4,6H,2-3,5H2,1H3,(H,16,17)/t6-/m1/s1. The van der Waals surface area contributed by atoms with Crippen molar-refractivity contribution in [2.24, 2.45) is 0 Å². The maximum absolute atomic E-state index is 13.7. The average Bonchev–Trinajstić information content (AvgIpc) is 2.27. The third-order valence-electron chi connectivity index (χ3n) is 2.79. The molecule has 1 fully saturated rings. The Morgan fingerprint density at radius 2 is 2.44 bits per heavy atom. The predicted octanol–water partition coefficient (Wildman–Crippen LogP) is 1.75. The quantitative estimate of drug-likeness (QED) is 0.639. The highest BCUT2D eigenvalue weighted by molar-refractivity contribution is 14.1. The minimum Gasteiger partial charge on any atom is -0.477 e. The molecule has 0 spiro atoms. The molecule has 0 saturated carbocycles. The van der Waals surface area contributed by atoms with E-state index in [0.29, 0.717) is 29.1 Å². The van der Waals surface area contributed by atoms with Crippen LogP contribution in [0.1, 0.15) is 17.3 Å². The zero-order valence-electron chi connectivity index (χ0n) is 9.69. The number of aromatic carboxylic acids is 1. The Morgan fingerprint density at radius 1 is 1.72 bits per heavy atom. The van der Waals surface area contributed by atoms with Gasteiger partial charge in [-0.05, 0) is 35.6 Å². The van der Waals surface area contributed by atoms with Gasteiger partial charge in [0.15, 0.2) is 0 Å². The molecule has 7 heteroatoms. The molecule has 0 unspecified atom stereocenters. The summed E-state index contributed by atoms with van der Waals surface area (Å²) in [5, 5.41) is 8.88. The molecule has 5 nitrogen and oxygen atoms in total. The predicted molar refractivity (Wildman–Crippen MR) is 71.5 cm³/mol.